The predicted molar refractivity (Wildman–Crippen MR) is 70.2 cm³/mol. The maximum atomic E-state index is 11.4. The molecule has 1 aromatic heterocycles. The Hall–Kier alpha value is -2.43. The van der Waals surface area contributed by atoms with Gasteiger partial charge in [0.25, 0.3) is 0 Å². The minimum atomic E-state index is -0.857. The summed E-state index contributed by atoms with van der Waals surface area (Å²) in [5.74, 6) is -1.59. The van der Waals surface area contributed by atoms with Gasteiger partial charge in [-0.25, -0.2) is 4.79 Å². The van der Waals surface area contributed by atoms with Crippen molar-refractivity contribution in [3.8, 4) is 0 Å². The van der Waals surface area contributed by atoms with Gasteiger partial charge in [-0.05, 0) is 30.7 Å². The lowest BCUT2D eigenvalue weighted by molar-refractivity contribution is -0.154. The first kappa shape index (κ1) is 13.0. The van der Waals surface area contributed by atoms with Crippen LogP contribution in [0.2, 0.25) is 0 Å². The van der Waals surface area contributed by atoms with Crippen molar-refractivity contribution >= 4 is 22.8 Å². The molecule has 2 aromatic rings. The number of ether oxygens (including phenoxy) is 1. The molecular weight excluding hydrogens is 244 g/mol. The summed E-state index contributed by atoms with van der Waals surface area (Å²) in [4.78, 5) is 26.7. The third-order valence-electron chi connectivity index (χ3n) is 2.58. The zero-order chi connectivity index (χ0) is 13.7. The minimum Gasteiger partial charge on any atom is -0.459 e. The van der Waals surface area contributed by atoms with E-state index in [0.29, 0.717) is 0 Å². The van der Waals surface area contributed by atoms with Crippen molar-refractivity contribution in [2.45, 2.75) is 13.5 Å². The molecule has 1 heterocycles. The average Bonchev–Trinajstić information content (AvgIpc) is 2.44. The van der Waals surface area contributed by atoms with E-state index in [1.54, 1.807) is 13.1 Å². The lowest BCUT2D eigenvalue weighted by Crippen LogP contribution is -2.32. The third-order valence-corrected chi connectivity index (χ3v) is 2.58. The maximum absolute atomic E-state index is 11.4. The Morgan fingerprint density at radius 3 is 2.95 bits per heavy atom. The Morgan fingerprint density at radius 1 is 1.32 bits per heavy atom. The summed E-state index contributed by atoms with van der Waals surface area (Å²) in [6.07, 6.45) is 1.73. The molecule has 98 valence electrons. The number of hydrogen-bond donors (Lipinski definition) is 1. The number of carbonyl (C=O) groups is 2. The number of hydrogen-bond acceptors (Lipinski definition) is 4. The van der Waals surface area contributed by atoms with E-state index in [1.807, 2.05) is 30.3 Å². The molecule has 1 amide bonds. The molecule has 0 radical (unpaired) electrons. The quantitative estimate of drug-likeness (QED) is 0.667. The second-order valence-electron chi connectivity index (χ2n) is 3.93. The number of nitrogens with zero attached hydrogens (tertiary/aromatic N) is 1. The molecule has 0 bridgehead atoms. The number of amides is 1. The second-order valence-corrected chi connectivity index (χ2v) is 3.93. The molecule has 0 saturated carbocycles. The molecular formula is C14H14N2O3. The van der Waals surface area contributed by atoms with E-state index in [9.17, 15) is 9.59 Å². The number of aromatic nitrogens is 1. The molecule has 2 rings (SSSR count). The molecule has 0 aliphatic rings. The first-order valence-electron chi connectivity index (χ1n) is 5.99. The summed E-state index contributed by atoms with van der Waals surface area (Å²) in [5.41, 5.74) is 1.79. The van der Waals surface area contributed by atoms with Gasteiger partial charge in [0.15, 0.2) is 0 Å². The normalized spacial score (nSPS) is 10.2. The standard InChI is InChI=1S/C14H14N2O3/c1-2-19-14(18)13(17)16-9-10-5-6-12-11(8-10)4-3-7-15-12/h3-8H,2,9H2,1H3,(H,16,17). The van der Waals surface area contributed by atoms with Crippen LogP contribution in [0.5, 0.6) is 0 Å². The second kappa shape index (κ2) is 5.95. The minimum absolute atomic E-state index is 0.188. The SMILES string of the molecule is CCOC(=O)C(=O)NCc1ccc2ncccc2c1. The largest absolute Gasteiger partial charge is 0.459 e. The van der Waals surface area contributed by atoms with E-state index >= 15 is 0 Å². The fourth-order valence-electron chi connectivity index (χ4n) is 1.69. The smallest absolute Gasteiger partial charge is 0.396 e. The average molecular weight is 258 g/mol. The molecule has 0 atom stereocenters. The first-order valence-corrected chi connectivity index (χ1v) is 5.99. The highest BCUT2D eigenvalue weighted by Gasteiger charge is 2.13. The zero-order valence-corrected chi connectivity index (χ0v) is 10.6. The number of pyridine rings is 1. The van der Waals surface area contributed by atoms with Crippen molar-refractivity contribution < 1.29 is 14.3 Å². The summed E-state index contributed by atoms with van der Waals surface area (Å²) in [5, 5.41) is 3.51. The Labute approximate surface area is 110 Å². The fourth-order valence-corrected chi connectivity index (χ4v) is 1.69. The van der Waals surface area contributed by atoms with E-state index in [4.69, 9.17) is 0 Å². The Balaban J connectivity index is 2.02. The van der Waals surface area contributed by atoms with Gasteiger partial charge >= 0.3 is 11.9 Å². The van der Waals surface area contributed by atoms with Crippen molar-refractivity contribution in [1.82, 2.24) is 10.3 Å². The monoisotopic (exact) mass is 258 g/mol. The zero-order valence-electron chi connectivity index (χ0n) is 10.6. The Morgan fingerprint density at radius 2 is 2.16 bits per heavy atom. The van der Waals surface area contributed by atoms with Crippen LogP contribution in [0.3, 0.4) is 0 Å². The molecule has 5 nitrogen and oxygen atoms in total. The lowest BCUT2D eigenvalue weighted by atomic mass is 10.1. The highest BCUT2D eigenvalue weighted by Crippen LogP contribution is 2.12. The van der Waals surface area contributed by atoms with E-state index in [0.717, 1.165) is 16.5 Å². The molecule has 1 aromatic carbocycles. The number of fused-ring (bicyclic) bond motifs is 1. The van der Waals surface area contributed by atoms with Crippen molar-refractivity contribution in [1.29, 1.82) is 0 Å². The molecule has 1 N–H and O–H groups in total. The van der Waals surface area contributed by atoms with Crippen LogP contribution in [0.25, 0.3) is 10.9 Å². The van der Waals surface area contributed by atoms with E-state index in [2.05, 4.69) is 15.0 Å². The van der Waals surface area contributed by atoms with Gasteiger partial charge in [0, 0.05) is 18.1 Å². The van der Waals surface area contributed by atoms with Gasteiger partial charge in [-0.15, -0.1) is 0 Å². The van der Waals surface area contributed by atoms with Crippen molar-refractivity contribution in [3.05, 3.63) is 42.1 Å². The number of rotatable bonds is 3. The lowest BCUT2D eigenvalue weighted by Gasteiger charge is -2.05. The van der Waals surface area contributed by atoms with Crippen LogP contribution in [0.4, 0.5) is 0 Å². The van der Waals surface area contributed by atoms with Gasteiger partial charge in [0.05, 0.1) is 12.1 Å². The van der Waals surface area contributed by atoms with Crippen molar-refractivity contribution in [3.63, 3.8) is 0 Å². The Bertz CT molecular complexity index is 610. The number of benzene rings is 1. The highest BCUT2D eigenvalue weighted by atomic mass is 16.5. The van der Waals surface area contributed by atoms with Crippen LogP contribution in [0.15, 0.2) is 36.5 Å². The molecule has 0 saturated heterocycles. The maximum Gasteiger partial charge on any atom is 0.396 e. The first-order chi connectivity index (χ1) is 9.20. The summed E-state index contributed by atoms with van der Waals surface area (Å²) in [6.45, 7) is 2.12. The van der Waals surface area contributed by atoms with Crippen LogP contribution in [0.1, 0.15) is 12.5 Å². The van der Waals surface area contributed by atoms with E-state index in [-0.39, 0.29) is 13.2 Å². The van der Waals surface area contributed by atoms with Gasteiger partial charge < -0.3 is 10.1 Å². The number of esters is 1. The van der Waals surface area contributed by atoms with Gasteiger partial charge in [-0.1, -0.05) is 12.1 Å². The molecule has 0 aliphatic carbocycles. The predicted octanol–water partition coefficient (Wildman–Crippen LogP) is 1.41. The molecule has 5 heteroatoms. The van der Waals surface area contributed by atoms with Crippen LogP contribution >= 0.6 is 0 Å². The van der Waals surface area contributed by atoms with Crippen molar-refractivity contribution in [2.24, 2.45) is 0 Å². The number of nitrogens with one attached hydrogen (secondary N) is 1. The van der Waals surface area contributed by atoms with E-state index in [1.165, 1.54) is 0 Å². The number of carbonyl (C=O) groups excluding carboxylic acids is 2. The van der Waals surface area contributed by atoms with Gasteiger partial charge in [-0.2, -0.15) is 0 Å². The third kappa shape index (κ3) is 3.28. The fraction of sp³-hybridized carbons (Fsp3) is 0.214. The topological polar surface area (TPSA) is 68.3 Å². The van der Waals surface area contributed by atoms with Crippen molar-refractivity contribution in [2.75, 3.05) is 6.61 Å². The molecule has 0 aliphatic heterocycles. The summed E-state index contributed by atoms with van der Waals surface area (Å²) in [6, 6.07) is 9.46. The Kier molecular flexibility index (Phi) is 4.07. The molecule has 0 spiro atoms. The van der Waals surface area contributed by atoms with Gasteiger partial charge in [0.1, 0.15) is 0 Å². The summed E-state index contributed by atoms with van der Waals surface area (Å²) < 4.78 is 4.60. The summed E-state index contributed by atoms with van der Waals surface area (Å²) in [7, 11) is 0. The van der Waals surface area contributed by atoms with Crippen LogP contribution in [0, 0.1) is 0 Å². The van der Waals surface area contributed by atoms with Crippen LogP contribution < -0.4 is 5.32 Å². The van der Waals surface area contributed by atoms with E-state index < -0.39 is 11.9 Å². The van der Waals surface area contributed by atoms with Crippen LogP contribution in [-0.2, 0) is 20.9 Å². The summed E-state index contributed by atoms with van der Waals surface area (Å²) >= 11 is 0. The van der Waals surface area contributed by atoms with Gasteiger partial charge in [-0.3, -0.25) is 9.78 Å². The van der Waals surface area contributed by atoms with Gasteiger partial charge in [0.2, 0.25) is 0 Å². The molecule has 0 unspecified atom stereocenters. The highest BCUT2D eigenvalue weighted by molar-refractivity contribution is 6.32. The van der Waals surface area contributed by atoms with Crippen LogP contribution in [-0.4, -0.2) is 23.5 Å². The molecule has 19 heavy (non-hydrogen) atoms. The molecule has 0 fully saturated rings.